The van der Waals surface area contributed by atoms with Crippen LogP contribution in [0.3, 0.4) is 0 Å². The van der Waals surface area contributed by atoms with E-state index in [9.17, 15) is 19.1 Å². The fraction of sp³-hybridized carbons (Fsp3) is 0.528. The maximum atomic E-state index is 16.9. The number of hydrogen-bond acceptors (Lipinski definition) is 11. The number of nitrogen functional groups attached to an aromatic ring is 1. The molecule has 51 heavy (non-hydrogen) atoms. The molecule has 272 valence electrons. The van der Waals surface area contributed by atoms with E-state index in [1.165, 1.54) is 26.0 Å². The standard InChI is InChI=1S/C28H26F2N6O3S.C7H12FN.CH3F/c1-38-28-33-25-22(27(34-28)36-13-2-3-14(36)10-35(9-13)6-7-37)17-12-39-11-16(17)21(24(25)30)23-18(29)4-5-19-20(23)15(8-31)26(32)40-19;8-6-4-7-2-1-3-9(7)5-6;1-2/h4-5,13-14,37H,2-3,6-7,9-12,32H2,1H3;6-7H,1-5H2;1H3. The van der Waals surface area contributed by atoms with Gasteiger partial charge in [-0.15, -0.1) is 11.3 Å². The van der Waals surface area contributed by atoms with Crippen LogP contribution < -0.4 is 15.4 Å². The number of anilines is 2. The molecule has 0 saturated carbocycles. The summed E-state index contributed by atoms with van der Waals surface area (Å²) in [5.74, 6) is -0.790. The van der Waals surface area contributed by atoms with Gasteiger partial charge in [0.2, 0.25) is 0 Å². The molecule has 0 amide bonds. The van der Waals surface area contributed by atoms with Crippen LogP contribution in [0.2, 0.25) is 0 Å². The number of nitrogens with zero attached hydrogens (tertiary/aromatic N) is 6. The zero-order valence-electron chi connectivity index (χ0n) is 28.6. The zero-order valence-corrected chi connectivity index (χ0v) is 29.4. The average molecular weight is 728 g/mol. The average Bonchev–Trinajstić information content (AvgIpc) is 3.95. The van der Waals surface area contributed by atoms with Crippen molar-refractivity contribution in [2.24, 2.45) is 0 Å². The number of aliphatic hydroxyl groups excluding tert-OH is 1. The fourth-order valence-corrected chi connectivity index (χ4v) is 9.69. The highest BCUT2D eigenvalue weighted by Crippen LogP contribution is 2.49. The molecule has 4 aromatic rings. The molecule has 2 aromatic carbocycles. The van der Waals surface area contributed by atoms with E-state index in [-0.39, 0.29) is 70.5 Å². The molecule has 2 aromatic heterocycles. The Morgan fingerprint density at radius 2 is 1.78 bits per heavy atom. The second-order valence-corrected chi connectivity index (χ2v) is 14.6. The highest BCUT2D eigenvalue weighted by molar-refractivity contribution is 7.23. The minimum atomic E-state index is -0.715. The first-order valence-electron chi connectivity index (χ1n) is 17.3. The van der Waals surface area contributed by atoms with Crippen molar-refractivity contribution in [3.05, 3.63) is 40.5 Å². The highest BCUT2D eigenvalue weighted by Gasteiger charge is 2.43. The van der Waals surface area contributed by atoms with Crippen LogP contribution in [0.1, 0.15) is 48.8 Å². The van der Waals surface area contributed by atoms with Crippen molar-refractivity contribution < 1.29 is 32.1 Å². The van der Waals surface area contributed by atoms with Crippen LogP contribution in [0.5, 0.6) is 6.01 Å². The van der Waals surface area contributed by atoms with Gasteiger partial charge in [0.05, 0.1) is 45.1 Å². The molecule has 9 rings (SSSR count). The number of nitriles is 1. The Balaban J connectivity index is 0.000000316. The van der Waals surface area contributed by atoms with Gasteiger partial charge in [-0.25, -0.2) is 13.2 Å². The number of aliphatic hydroxyl groups is 1. The number of thiophene rings is 1. The van der Waals surface area contributed by atoms with Crippen LogP contribution in [-0.2, 0) is 18.0 Å². The summed E-state index contributed by atoms with van der Waals surface area (Å²) in [4.78, 5) is 16.0. The first kappa shape index (κ1) is 35.6. The number of hydrogen-bond donors (Lipinski definition) is 2. The third-order valence-corrected chi connectivity index (χ3v) is 11.8. The van der Waals surface area contributed by atoms with Gasteiger partial charge in [-0.1, -0.05) is 0 Å². The lowest BCUT2D eigenvalue weighted by atomic mass is 9.90. The maximum Gasteiger partial charge on any atom is 0.318 e. The second kappa shape index (κ2) is 14.7. The number of benzene rings is 2. The van der Waals surface area contributed by atoms with E-state index in [1.54, 1.807) is 6.07 Å². The van der Waals surface area contributed by atoms with E-state index < -0.39 is 17.8 Å². The van der Waals surface area contributed by atoms with Gasteiger partial charge in [-0.2, -0.15) is 15.2 Å². The zero-order chi connectivity index (χ0) is 36.0. The van der Waals surface area contributed by atoms with Crippen LogP contribution in [0.15, 0.2) is 12.1 Å². The molecular weight excluding hydrogens is 687 g/mol. The van der Waals surface area contributed by atoms with Gasteiger partial charge in [0.1, 0.15) is 34.4 Å². The molecule has 5 aliphatic rings. The van der Waals surface area contributed by atoms with Crippen molar-refractivity contribution in [3.8, 4) is 23.2 Å². The quantitative estimate of drug-likeness (QED) is 0.248. The molecule has 4 fully saturated rings. The molecule has 4 unspecified atom stereocenters. The molecule has 10 nitrogen and oxygen atoms in total. The summed E-state index contributed by atoms with van der Waals surface area (Å²) in [6.45, 7) is 4.34. The predicted molar refractivity (Wildman–Crippen MR) is 188 cm³/mol. The van der Waals surface area contributed by atoms with Gasteiger partial charge >= 0.3 is 6.01 Å². The lowest BCUT2D eigenvalue weighted by Gasteiger charge is -2.42. The minimum Gasteiger partial charge on any atom is -0.467 e. The summed E-state index contributed by atoms with van der Waals surface area (Å²) in [6.07, 6.45) is 4.71. The maximum absolute atomic E-state index is 16.9. The molecule has 0 aliphatic carbocycles. The van der Waals surface area contributed by atoms with Crippen molar-refractivity contribution in [1.82, 2.24) is 19.8 Å². The van der Waals surface area contributed by atoms with Crippen LogP contribution in [-0.4, -0.2) is 103 Å². The Kier molecular flexibility index (Phi) is 10.2. The molecule has 0 radical (unpaired) electrons. The Morgan fingerprint density at radius 3 is 2.47 bits per heavy atom. The molecule has 7 heterocycles. The molecule has 5 aliphatic heterocycles. The first-order valence-corrected chi connectivity index (χ1v) is 18.1. The molecule has 4 atom stereocenters. The summed E-state index contributed by atoms with van der Waals surface area (Å²) < 4.78 is 66.5. The van der Waals surface area contributed by atoms with Crippen molar-refractivity contribution in [2.75, 3.05) is 64.3 Å². The van der Waals surface area contributed by atoms with Crippen LogP contribution >= 0.6 is 11.3 Å². The molecule has 2 bridgehead atoms. The third kappa shape index (κ3) is 6.14. The number of methoxy groups -OCH3 is 1. The smallest absolute Gasteiger partial charge is 0.318 e. The SMILES string of the molecule is CF.COc1nc(N2C3CCC2CN(CCO)C3)c2c3c(c(-c4c(F)ccc5sc(N)c(C#N)c45)c(F)c2n1)COC3.FC1CC2CCCN2C1. The van der Waals surface area contributed by atoms with Gasteiger partial charge in [0.15, 0.2) is 5.82 Å². The van der Waals surface area contributed by atoms with Crippen LogP contribution in [0.25, 0.3) is 32.1 Å². The number of aromatic nitrogens is 2. The number of β-amino-alcohol motifs (C(OH)–C–C–N with tert-alkyl or cyclic N) is 1. The summed E-state index contributed by atoms with van der Waals surface area (Å²) in [5, 5.41) is 20.4. The monoisotopic (exact) mass is 727 g/mol. The van der Waals surface area contributed by atoms with Gasteiger partial charge in [0.25, 0.3) is 0 Å². The van der Waals surface area contributed by atoms with Gasteiger partial charge < -0.3 is 25.2 Å². The summed E-state index contributed by atoms with van der Waals surface area (Å²) in [6, 6.07) is 5.79. The normalized spacial score (nSPS) is 23.8. The Bertz CT molecular complexity index is 1960. The highest BCUT2D eigenvalue weighted by atomic mass is 32.1. The van der Waals surface area contributed by atoms with E-state index in [4.69, 9.17) is 20.2 Å². The molecule has 0 spiro atoms. The lowest BCUT2D eigenvalue weighted by Crippen LogP contribution is -2.54. The predicted octanol–water partition coefficient (Wildman–Crippen LogP) is 5.71. The number of nitrogens with two attached hydrogens (primary N) is 1. The van der Waals surface area contributed by atoms with E-state index in [2.05, 4.69) is 25.8 Å². The Labute approximate surface area is 297 Å². The van der Waals surface area contributed by atoms with Gasteiger partial charge in [-0.3, -0.25) is 14.2 Å². The van der Waals surface area contributed by atoms with E-state index in [0.717, 1.165) is 50.2 Å². The number of halogens is 4. The van der Waals surface area contributed by atoms with Crippen LogP contribution in [0.4, 0.5) is 28.4 Å². The van der Waals surface area contributed by atoms with Crippen molar-refractivity contribution in [3.63, 3.8) is 0 Å². The third-order valence-electron chi connectivity index (χ3n) is 10.8. The van der Waals surface area contributed by atoms with E-state index in [1.807, 2.05) is 0 Å². The van der Waals surface area contributed by atoms with Crippen molar-refractivity contribution >= 4 is 43.1 Å². The fourth-order valence-electron chi connectivity index (χ4n) is 8.76. The van der Waals surface area contributed by atoms with E-state index in [0.29, 0.717) is 53.3 Å². The number of piperazine rings is 1. The number of fused-ring (bicyclic) bond motifs is 7. The summed E-state index contributed by atoms with van der Waals surface area (Å²) >= 11 is 1.16. The first-order chi connectivity index (χ1) is 24.8. The number of rotatable bonds is 5. The van der Waals surface area contributed by atoms with Crippen molar-refractivity contribution in [2.45, 2.75) is 69.6 Å². The molecule has 4 saturated heterocycles. The van der Waals surface area contributed by atoms with Crippen LogP contribution in [0, 0.1) is 23.0 Å². The summed E-state index contributed by atoms with van der Waals surface area (Å²) in [7, 11) is 1.93. The summed E-state index contributed by atoms with van der Waals surface area (Å²) in [5.41, 5.74) is 7.49. The largest absolute Gasteiger partial charge is 0.467 e. The number of alkyl halides is 2. The van der Waals surface area contributed by atoms with E-state index >= 15 is 8.78 Å². The Hall–Kier alpha value is -3.81. The molecule has 15 heteroatoms. The van der Waals surface area contributed by atoms with Gasteiger partial charge in [0, 0.05) is 65.5 Å². The van der Waals surface area contributed by atoms with Crippen molar-refractivity contribution in [1.29, 1.82) is 5.26 Å². The number of ether oxygens (including phenoxy) is 2. The lowest BCUT2D eigenvalue weighted by molar-refractivity contribution is 0.135. The molecular formula is C36H41F4N7O3S. The minimum absolute atomic E-state index is 0.0135. The Morgan fingerprint density at radius 1 is 1.04 bits per heavy atom. The topological polar surface area (TPSA) is 124 Å². The molecule has 3 N–H and O–H groups in total. The second-order valence-electron chi connectivity index (χ2n) is 13.5. The number of likely N-dealkylation sites (tertiary alicyclic amines) is 1. The van der Waals surface area contributed by atoms with Gasteiger partial charge in [-0.05, 0) is 61.9 Å².